The second kappa shape index (κ2) is 5.44. The molecule has 124 valence electrons. The highest BCUT2D eigenvalue weighted by molar-refractivity contribution is 5.93. The maximum absolute atomic E-state index is 12.7. The molecule has 0 radical (unpaired) electrons. The Bertz CT molecular complexity index is 658. The first-order chi connectivity index (χ1) is 10.9. The molecular formula is C17H24N4O2. The maximum Gasteiger partial charge on any atom is 0.318 e. The van der Waals surface area contributed by atoms with Gasteiger partial charge in [0.15, 0.2) is 0 Å². The normalized spacial score (nSPS) is 26.3. The third-order valence-corrected chi connectivity index (χ3v) is 5.10. The number of benzene rings is 1. The number of nitrogens with one attached hydrogen (secondary N) is 2. The summed E-state index contributed by atoms with van der Waals surface area (Å²) >= 11 is 0. The molecule has 1 aliphatic heterocycles. The highest BCUT2D eigenvalue weighted by Crippen LogP contribution is 2.37. The van der Waals surface area contributed by atoms with E-state index >= 15 is 0 Å². The maximum atomic E-state index is 12.7. The third kappa shape index (κ3) is 2.42. The standard InChI is InChI=1S/C17H24N4O2/c1-10(2)14-9-21(16(23)20-14)17(15(22)19-3)7-11-4-5-13(18)6-12(11)8-17/h4-6,10,14H,7-9,18H2,1-3H3,(H,19,22)(H,20,23)/t14-,17?/m0/s1. The van der Waals surface area contributed by atoms with E-state index in [4.69, 9.17) is 5.73 Å². The third-order valence-electron chi connectivity index (χ3n) is 5.10. The zero-order valence-electron chi connectivity index (χ0n) is 13.8. The number of nitrogen functional groups attached to an aromatic ring is 1. The number of carbonyl (C=O) groups is 2. The monoisotopic (exact) mass is 316 g/mol. The van der Waals surface area contributed by atoms with E-state index in [1.807, 2.05) is 18.2 Å². The van der Waals surface area contributed by atoms with Crippen LogP contribution < -0.4 is 16.4 Å². The number of anilines is 1. The molecule has 3 amide bonds. The van der Waals surface area contributed by atoms with Gasteiger partial charge in [-0.05, 0) is 29.2 Å². The summed E-state index contributed by atoms with van der Waals surface area (Å²) in [6, 6.07) is 5.63. The number of urea groups is 1. The van der Waals surface area contributed by atoms with Gasteiger partial charge in [-0.2, -0.15) is 0 Å². The van der Waals surface area contributed by atoms with E-state index in [1.165, 1.54) is 0 Å². The topological polar surface area (TPSA) is 87.5 Å². The lowest BCUT2D eigenvalue weighted by Crippen LogP contribution is -2.60. The van der Waals surface area contributed by atoms with Gasteiger partial charge in [-0.25, -0.2) is 4.79 Å². The molecule has 1 fully saturated rings. The highest BCUT2D eigenvalue weighted by atomic mass is 16.2. The van der Waals surface area contributed by atoms with E-state index in [1.54, 1.807) is 11.9 Å². The Morgan fingerprint density at radius 2 is 2.09 bits per heavy atom. The molecule has 2 atom stereocenters. The minimum atomic E-state index is -0.862. The van der Waals surface area contributed by atoms with Gasteiger partial charge >= 0.3 is 6.03 Å². The molecule has 0 aromatic heterocycles. The van der Waals surface area contributed by atoms with Crippen molar-refractivity contribution in [1.82, 2.24) is 15.5 Å². The Kier molecular flexibility index (Phi) is 3.70. The zero-order chi connectivity index (χ0) is 16.8. The van der Waals surface area contributed by atoms with Gasteiger partial charge in [0.05, 0.1) is 6.04 Å². The van der Waals surface area contributed by atoms with Crippen molar-refractivity contribution in [2.75, 3.05) is 19.3 Å². The highest BCUT2D eigenvalue weighted by Gasteiger charge is 2.53. The lowest BCUT2D eigenvalue weighted by Gasteiger charge is -2.36. The van der Waals surface area contributed by atoms with Crippen LogP contribution in [0.15, 0.2) is 18.2 Å². The fourth-order valence-electron chi connectivity index (χ4n) is 3.69. The number of fused-ring (bicyclic) bond motifs is 1. The Balaban J connectivity index is 1.98. The van der Waals surface area contributed by atoms with Crippen LogP contribution in [0, 0.1) is 5.92 Å². The smallest absolute Gasteiger partial charge is 0.318 e. The van der Waals surface area contributed by atoms with Crippen molar-refractivity contribution in [2.45, 2.75) is 38.3 Å². The van der Waals surface area contributed by atoms with Gasteiger partial charge in [-0.1, -0.05) is 19.9 Å². The van der Waals surface area contributed by atoms with Crippen LogP contribution in [0.1, 0.15) is 25.0 Å². The van der Waals surface area contributed by atoms with Gasteiger partial charge in [-0.15, -0.1) is 0 Å². The van der Waals surface area contributed by atoms with Crippen LogP contribution in [-0.2, 0) is 17.6 Å². The summed E-state index contributed by atoms with van der Waals surface area (Å²) in [4.78, 5) is 27.0. The number of nitrogens with zero attached hydrogens (tertiary/aromatic N) is 1. The fourth-order valence-corrected chi connectivity index (χ4v) is 3.69. The van der Waals surface area contributed by atoms with Crippen LogP contribution in [-0.4, -0.2) is 42.0 Å². The summed E-state index contributed by atoms with van der Waals surface area (Å²) in [6.45, 7) is 4.70. The molecular weight excluding hydrogens is 292 g/mol. The van der Waals surface area contributed by atoms with Crippen molar-refractivity contribution < 1.29 is 9.59 Å². The predicted octanol–water partition coefficient (Wildman–Crippen LogP) is 0.902. The minimum absolute atomic E-state index is 0.0674. The lowest BCUT2D eigenvalue weighted by atomic mass is 9.91. The van der Waals surface area contributed by atoms with Crippen LogP contribution in [0.2, 0.25) is 0 Å². The van der Waals surface area contributed by atoms with E-state index in [9.17, 15) is 9.59 Å². The van der Waals surface area contributed by atoms with Crippen molar-refractivity contribution in [3.05, 3.63) is 29.3 Å². The molecule has 3 rings (SSSR count). The lowest BCUT2D eigenvalue weighted by molar-refractivity contribution is -0.130. The summed E-state index contributed by atoms with van der Waals surface area (Å²) in [6.07, 6.45) is 1.03. The van der Waals surface area contributed by atoms with Gasteiger partial charge in [-0.3, -0.25) is 4.79 Å². The van der Waals surface area contributed by atoms with Crippen LogP contribution >= 0.6 is 0 Å². The fraction of sp³-hybridized carbons (Fsp3) is 0.529. The predicted molar refractivity (Wildman–Crippen MR) is 88.9 cm³/mol. The molecule has 1 aliphatic carbocycles. The first kappa shape index (κ1) is 15.6. The number of amides is 3. The summed E-state index contributed by atoms with van der Waals surface area (Å²) < 4.78 is 0. The summed E-state index contributed by atoms with van der Waals surface area (Å²) in [5.41, 5.74) is 7.83. The summed E-state index contributed by atoms with van der Waals surface area (Å²) in [7, 11) is 1.62. The minimum Gasteiger partial charge on any atom is -0.399 e. The number of likely N-dealkylation sites (N-methyl/N-ethyl adjacent to an activating group) is 1. The molecule has 1 unspecified atom stereocenters. The molecule has 1 saturated heterocycles. The molecule has 23 heavy (non-hydrogen) atoms. The zero-order valence-corrected chi connectivity index (χ0v) is 13.8. The quantitative estimate of drug-likeness (QED) is 0.724. The Labute approximate surface area is 136 Å². The number of hydrogen-bond acceptors (Lipinski definition) is 3. The van der Waals surface area contributed by atoms with Crippen molar-refractivity contribution in [1.29, 1.82) is 0 Å². The number of rotatable bonds is 3. The number of hydrogen-bond donors (Lipinski definition) is 3. The van der Waals surface area contributed by atoms with Crippen molar-refractivity contribution in [2.24, 2.45) is 5.92 Å². The van der Waals surface area contributed by atoms with E-state index < -0.39 is 5.54 Å². The number of carbonyl (C=O) groups excluding carboxylic acids is 2. The van der Waals surface area contributed by atoms with Crippen LogP contribution in [0.4, 0.5) is 10.5 Å². The van der Waals surface area contributed by atoms with Crippen LogP contribution in [0.5, 0.6) is 0 Å². The Morgan fingerprint density at radius 1 is 1.39 bits per heavy atom. The molecule has 1 aromatic rings. The second-order valence-corrected chi connectivity index (χ2v) is 6.90. The molecule has 1 heterocycles. The van der Waals surface area contributed by atoms with E-state index in [2.05, 4.69) is 24.5 Å². The van der Waals surface area contributed by atoms with Crippen molar-refractivity contribution in [3.63, 3.8) is 0 Å². The van der Waals surface area contributed by atoms with Crippen molar-refractivity contribution >= 4 is 17.6 Å². The van der Waals surface area contributed by atoms with Crippen molar-refractivity contribution in [3.8, 4) is 0 Å². The van der Waals surface area contributed by atoms with E-state index in [0.717, 1.165) is 11.1 Å². The van der Waals surface area contributed by atoms with Gasteiger partial charge in [0.25, 0.3) is 0 Å². The SMILES string of the molecule is CNC(=O)C1(N2C[C@@H](C(C)C)NC2=O)Cc2ccc(N)cc2C1. The summed E-state index contributed by atoms with van der Waals surface area (Å²) in [5.74, 6) is 0.205. The number of nitrogens with two attached hydrogens (primary N) is 1. The molecule has 6 nitrogen and oxygen atoms in total. The molecule has 0 bridgehead atoms. The van der Waals surface area contributed by atoms with E-state index in [-0.39, 0.29) is 18.0 Å². The Morgan fingerprint density at radius 3 is 2.70 bits per heavy atom. The molecule has 4 N–H and O–H groups in total. The van der Waals surface area contributed by atoms with Gasteiger partial charge in [0.1, 0.15) is 5.54 Å². The summed E-state index contributed by atoms with van der Waals surface area (Å²) in [5, 5.41) is 5.75. The van der Waals surface area contributed by atoms with Gasteiger partial charge in [0, 0.05) is 32.1 Å². The average molecular weight is 316 g/mol. The molecule has 6 heteroatoms. The van der Waals surface area contributed by atoms with Crippen LogP contribution in [0.25, 0.3) is 0 Å². The van der Waals surface area contributed by atoms with Gasteiger partial charge < -0.3 is 21.3 Å². The molecule has 0 spiro atoms. The largest absolute Gasteiger partial charge is 0.399 e. The molecule has 2 aliphatic rings. The van der Waals surface area contributed by atoms with Crippen LogP contribution in [0.3, 0.4) is 0 Å². The average Bonchev–Trinajstić information content (AvgIpc) is 3.07. The molecule has 1 aromatic carbocycles. The second-order valence-electron chi connectivity index (χ2n) is 6.90. The Hall–Kier alpha value is -2.24. The van der Waals surface area contributed by atoms with Gasteiger partial charge in [0.2, 0.25) is 5.91 Å². The first-order valence-corrected chi connectivity index (χ1v) is 8.05. The first-order valence-electron chi connectivity index (χ1n) is 8.05. The molecule has 0 saturated carbocycles. The van der Waals surface area contributed by atoms with E-state index in [0.29, 0.717) is 31.0 Å².